The van der Waals surface area contributed by atoms with E-state index < -0.39 is 0 Å². The van der Waals surface area contributed by atoms with Crippen molar-refractivity contribution in [3.63, 3.8) is 0 Å². The second-order valence-corrected chi connectivity index (χ2v) is 4.83. The van der Waals surface area contributed by atoms with E-state index in [1.54, 1.807) is 0 Å². The minimum Gasteiger partial charge on any atom is -0.381 e. The van der Waals surface area contributed by atoms with E-state index in [0.29, 0.717) is 19.8 Å². The summed E-state index contributed by atoms with van der Waals surface area (Å²) in [6, 6.07) is 0. The Hall–Kier alpha value is -0.130. The molecule has 2 heterocycles. The standard InChI is InChI=1S/C10H16BrNO3/c11-6-10(2-4-15-7-10)12-9(13)8-1-3-14-5-8/h8H,1-7H2,(H,12,13). The van der Waals surface area contributed by atoms with E-state index in [9.17, 15) is 4.79 Å². The van der Waals surface area contributed by atoms with E-state index in [2.05, 4.69) is 21.2 Å². The fourth-order valence-electron chi connectivity index (χ4n) is 1.95. The van der Waals surface area contributed by atoms with Crippen LogP contribution in [0.15, 0.2) is 0 Å². The number of ether oxygens (including phenoxy) is 2. The molecule has 86 valence electrons. The molecule has 0 bridgehead atoms. The first-order valence-electron chi connectivity index (χ1n) is 5.29. The van der Waals surface area contributed by atoms with Crippen molar-refractivity contribution in [1.29, 1.82) is 0 Å². The molecule has 1 amide bonds. The van der Waals surface area contributed by atoms with Gasteiger partial charge in [-0.3, -0.25) is 4.79 Å². The first-order valence-corrected chi connectivity index (χ1v) is 6.41. The highest BCUT2D eigenvalue weighted by Crippen LogP contribution is 2.22. The molecule has 0 spiro atoms. The van der Waals surface area contributed by atoms with E-state index in [0.717, 1.165) is 24.8 Å². The van der Waals surface area contributed by atoms with Gasteiger partial charge in [0.15, 0.2) is 0 Å². The smallest absolute Gasteiger partial charge is 0.226 e. The van der Waals surface area contributed by atoms with E-state index >= 15 is 0 Å². The Morgan fingerprint density at radius 2 is 2.33 bits per heavy atom. The summed E-state index contributed by atoms with van der Waals surface area (Å²) in [6.07, 6.45) is 1.72. The molecular weight excluding hydrogens is 262 g/mol. The number of halogens is 1. The van der Waals surface area contributed by atoms with Crippen LogP contribution in [-0.2, 0) is 14.3 Å². The van der Waals surface area contributed by atoms with Crippen LogP contribution in [0.5, 0.6) is 0 Å². The molecule has 0 saturated carbocycles. The highest BCUT2D eigenvalue weighted by molar-refractivity contribution is 9.09. The van der Waals surface area contributed by atoms with Gasteiger partial charge in [-0.05, 0) is 12.8 Å². The van der Waals surface area contributed by atoms with E-state index in [1.165, 1.54) is 0 Å². The molecule has 2 saturated heterocycles. The van der Waals surface area contributed by atoms with Crippen LogP contribution in [0.25, 0.3) is 0 Å². The zero-order valence-electron chi connectivity index (χ0n) is 8.63. The van der Waals surface area contributed by atoms with Crippen molar-refractivity contribution in [1.82, 2.24) is 5.32 Å². The Bertz CT molecular complexity index is 235. The fraction of sp³-hybridized carbons (Fsp3) is 0.900. The Morgan fingerprint density at radius 3 is 2.87 bits per heavy atom. The van der Waals surface area contributed by atoms with Crippen LogP contribution in [0, 0.1) is 5.92 Å². The van der Waals surface area contributed by atoms with Gasteiger partial charge in [-0.25, -0.2) is 0 Å². The van der Waals surface area contributed by atoms with Crippen LogP contribution in [-0.4, -0.2) is 43.2 Å². The molecule has 0 radical (unpaired) electrons. The minimum absolute atomic E-state index is 0.0292. The Morgan fingerprint density at radius 1 is 1.47 bits per heavy atom. The normalized spacial score (nSPS) is 35.7. The number of amides is 1. The Labute approximate surface area is 97.8 Å². The van der Waals surface area contributed by atoms with Crippen molar-refractivity contribution in [2.75, 3.05) is 31.8 Å². The van der Waals surface area contributed by atoms with Gasteiger partial charge in [0.2, 0.25) is 5.91 Å². The van der Waals surface area contributed by atoms with Crippen molar-refractivity contribution >= 4 is 21.8 Å². The van der Waals surface area contributed by atoms with Crippen LogP contribution < -0.4 is 5.32 Å². The van der Waals surface area contributed by atoms with Crippen LogP contribution in [0.1, 0.15) is 12.8 Å². The predicted octanol–water partition coefficient (Wildman–Crippen LogP) is 0.693. The van der Waals surface area contributed by atoms with Gasteiger partial charge in [-0.15, -0.1) is 0 Å². The van der Waals surface area contributed by atoms with E-state index in [-0.39, 0.29) is 17.4 Å². The lowest BCUT2D eigenvalue weighted by atomic mass is 9.99. The van der Waals surface area contributed by atoms with Gasteiger partial charge in [0, 0.05) is 18.5 Å². The lowest BCUT2D eigenvalue weighted by Crippen LogP contribution is -2.52. The predicted molar refractivity (Wildman–Crippen MR) is 59.0 cm³/mol. The molecule has 15 heavy (non-hydrogen) atoms. The molecule has 4 nitrogen and oxygen atoms in total. The first-order chi connectivity index (χ1) is 7.26. The van der Waals surface area contributed by atoms with Crippen molar-refractivity contribution in [3.8, 4) is 0 Å². The Balaban J connectivity index is 1.91. The highest BCUT2D eigenvalue weighted by Gasteiger charge is 2.37. The van der Waals surface area contributed by atoms with Crippen LogP contribution in [0.2, 0.25) is 0 Å². The quantitative estimate of drug-likeness (QED) is 0.773. The van der Waals surface area contributed by atoms with Crippen molar-refractivity contribution < 1.29 is 14.3 Å². The van der Waals surface area contributed by atoms with Gasteiger partial charge in [-0.2, -0.15) is 0 Å². The average Bonchev–Trinajstić information content (AvgIpc) is 2.88. The van der Waals surface area contributed by atoms with Crippen LogP contribution >= 0.6 is 15.9 Å². The second kappa shape index (κ2) is 4.80. The van der Waals surface area contributed by atoms with Crippen LogP contribution in [0.3, 0.4) is 0 Å². The summed E-state index contributed by atoms with van der Waals surface area (Å²) in [4.78, 5) is 11.9. The molecular formula is C10H16BrNO3. The highest BCUT2D eigenvalue weighted by atomic mass is 79.9. The third-order valence-electron chi connectivity index (χ3n) is 3.05. The molecule has 2 atom stereocenters. The molecule has 1 N–H and O–H groups in total. The van der Waals surface area contributed by atoms with Gasteiger partial charge >= 0.3 is 0 Å². The largest absolute Gasteiger partial charge is 0.381 e. The van der Waals surface area contributed by atoms with Gasteiger partial charge in [-0.1, -0.05) is 15.9 Å². The monoisotopic (exact) mass is 277 g/mol. The maximum atomic E-state index is 11.9. The number of rotatable bonds is 3. The second-order valence-electron chi connectivity index (χ2n) is 4.27. The molecule has 5 heteroatoms. The van der Waals surface area contributed by atoms with E-state index in [1.807, 2.05) is 0 Å². The van der Waals surface area contributed by atoms with Gasteiger partial charge in [0.05, 0.1) is 24.7 Å². The lowest BCUT2D eigenvalue weighted by Gasteiger charge is -2.27. The molecule has 0 aromatic heterocycles. The number of nitrogens with one attached hydrogen (secondary N) is 1. The summed E-state index contributed by atoms with van der Waals surface area (Å²) in [5, 5.41) is 3.84. The summed E-state index contributed by atoms with van der Waals surface area (Å²) >= 11 is 3.44. The third kappa shape index (κ3) is 2.52. The van der Waals surface area contributed by atoms with Gasteiger partial charge in [0.25, 0.3) is 0 Å². The molecule has 0 aromatic carbocycles. The molecule has 2 fully saturated rings. The number of carbonyl (C=O) groups excluding carboxylic acids is 1. The summed E-state index contributed by atoms with van der Waals surface area (Å²) in [5.74, 6) is 0.138. The van der Waals surface area contributed by atoms with Crippen molar-refractivity contribution in [3.05, 3.63) is 0 Å². The van der Waals surface area contributed by atoms with Crippen molar-refractivity contribution in [2.24, 2.45) is 5.92 Å². The van der Waals surface area contributed by atoms with E-state index in [4.69, 9.17) is 9.47 Å². The van der Waals surface area contributed by atoms with Gasteiger partial charge in [0.1, 0.15) is 0 Å². The number of hydrogen-bond acceptors (Lipinski definition) is 3. The topological polar surface area (TPSA) is 47.6 Å². The first kappa shape index (κ1) is 11.4. The molecule has 2 aliphatic rings. The maximum Gasteiger partial charge on any atom is 0.226 e. The van der Waals surface area contributed by atoms with Gasteiger partial charge < -0.3 is 14.8 Å². The average molecular weight is 278 g/mol. The number of hydrogen-bond donors (Lipinski definition) is 1. The molecule has 2 unspecified atom stereocenters. The zero-order chi connectivity index (χ0) is 10.7. The summed E-state index contributed by atoms with van der Waals surface area (Å²) in [7, 11) is 0. The lowest BCUT2D eigenvalue weighted by molar-refractivity contribution is -0.126. The minimum atomic E-state index is -0.195. The molecule has 2 rings (SSSR count). The summed E-state index contributed by atoms with van der Waals surface area (Å²) < 4.78 is 10.5. The fourth-order valence-corrected chi connectivity index (χ4v) is 2.53. The summed E-state index contributed by atoms with van der Waals surface area (Å²) in [5.41, 5.74) is -0.195. The number of carbonyl (C=O) groups is 1. The van der Waals surface area contributed by atoms with Crippen molar-refractivity contribution in [2.45, 2.75) is 18.4 Å². The molecule has 2 aliphatic heterocycles. The zero-order valence-corrected chi connectivity index (χ0v) is 10.2. The molecule has 0 aliphatic carbocycles. The third-order valence-corrected chi connectivity index (χ3v) is 4.12. The number of alkyl halides is 1. The molecule has 0 aromatic rings. The Kier molecular flexibility index (Phi) is 3.64. The summed E-state index contributed by atoms with van der Waals surface area (Å²) in [6.45, 7) is 2.60. The van der Waals surface area contributed by atoms with Crippen LogP contribution in [0.4, 0.5) is 0 Å². The SMILES string of the molecule is O=C(NC1(CBr)CCOC1)C1CCOC1. The maximum absolute atomic E-state index is 11.9.